The van der Waals surface area contributed by atoms with Crippen LogP contribution >= 0.6 is 11.6 Å². The quantitative estimate of drug-likeness (QED) is 0.496. The maximum absolute atomic E-state index is 11.0. The summed E-state index contributed by atoms with van der Waals surface area (Å²) in [5.41, 5.74) is 12.5. The SMILES string of the molecule is NCC1CCC(CN(CCc2cccc(Cl)c2)c2ncc([N+](=O)[O-])c(N)n2)CC1. The van der Waals surface area contributed by atoms with E-state index >= 15 is 0 Å². The fraction of sp³-hybridized carbons (Fsp3) is 0.500. The molecule has 0 aliphatic heterocycles. The first-order valence-corrected chi connectivity index (χ1v) is 10.3. The molecule has 0 unspecified atom stereocenters. The lowest BCUT2D eigenvalue weighted by Gasteiger charge is -2.32. The van der Waals surface area contributed by atoms with E-state index in [4.69, 9.17) is 23.1 Å². The first-order chi connectivity index (χ1) is 14.0. The van der Waals surface area contributed by atoms with Gasteiger partial charge >= 0.3 is 5.69 Å². The molecule has 0 amide bonds. The van der Waals surface area contributed by atoms with Crippen molar-refractivity contribution in [2.24, 2.45) is 17.6 Å². The Kier molecular flexibility index (Phi) is 7.22. The molecule has 29 heavy (non-hydrogen) atoms. The molecule has 0 saturated heterocycles. The van der Waals surface area contributed by atoms with Gasteiger partial charge in [-0.1, -0.05) is 23.7 Å². The van der Waals surface area contributed by atoms with E-state index in [2.05, 4.69) is 14.9 Å². The molecule has 0 bridgehead atoms. The highest BCUT2D eigenvalue weighted by Gasteiger charge is 2.24. The number of halogens is 1. The van der Waals surface area contributed by atoms with Crippen LogP contribution in [0.25, 0.3) is 0 Å². The molecule has 1 aliphatic carbocycles. The Labute approximate surface area is 175 Å². The summed E-state index contributed by atoms with van der Waals surface area (Å²) in [7, 11) is 0. The number of benzene rings is 1. The molecule has 1 aromatic carbocycles. The smallest absolute Gasteiger partial charge is 0.329 e. The molecule has 2 aromatic rings. The van der Waals surface area contributed by atoms with E-state index in [1.165, 1.54) is 6.20 Å². The van der Waals surface area contributed by atoms with Crippen molar-refractivity contribution in [1.29, 1.82) is 0 Å². The predicted octanol–water partition coefficient (Wildman–Crippen LogP) is 3.43. The minimum absolute atomic E-state index is 0.111. The third kappa shape index (κ3) is 5.77. The zero-order valence-corrected chi connectivity index (χ0v) is 17.1. The summed E-state index contributed by atoms with van der Waals surface area (Å²) in [6.07, 6.45) is 6.43. The number of hydrogen-bond acceptors (Lipinski definition) is 7. The molecule has 8 nitrogen and oxygen atoms in total. The van der Waals surface area contributed by atoms with Gasteiger partial charge in [-0.3, -0.25) is 10.1 Å². The zero-order chi connectivity index (χ0) is 20.8. The molecule has 4 N–H and O–H groups in total. The summed E-state index contributed by atoms with van der Waals surface area (Å²) in [6.45, 7) is 2.21. The van der Waals surface area contributed by atoms with Gasteiger partial charge in [0.2, 0.25) is 11.8 Å². The third-order valence-corrected chi connectivity index (χ3v) is 5.84. The second-order valence-electron chi connectivity index (χ2n) is 7.65. The molecular formula is C20H27ClN6O2. The average Bonchev–Trinajstić information content (AvgIpc) is 2.71. The van der Waals surface area contributed by atoms with Crippen LogP contribution in [-0.4, -0.2) is 34.5 Å². The number of aromatic nitrogens is 2. The van der Waals surface area contributed by atoms with Crippen molar-refractivity contribution in [2.45, 2.75) is 32.1 Å². The van der Waals surface area contributed by atoms with Crippen molar-refractivity contribution in [2.75, 3.05) is 30.3 Å². The van der Waals surface area contributed by atoms with Crippen molar-refractivity contribution in [3.05, 3.63) is 51.2 Å². The number of anilines is 2. The van der Waals surface area contributed by atoms with Crippen molar-refractivity contribution < 1.29 is 4.92 Å². The number of hydrogen-bond donors (Lipinski definition) is 2. The number of nitro groups is 1. The predicted molar refractivity (Wildman–Crippen MR) is 115 cm³/mol. The maximum Gasteiger partial charge on any atom is 0.329 e. The molecule has 1 aliphatic rings. The molecule has 1 aromatic heterocycles. The van der Waals surface area contributed by atoms with Gasteiger partial charge in [0.1, 0.15) is 6.20 Å². The molecule has 9 heteroatoms. The maximum atomic E-state index is 11.0. The summed E-state index contributed by atoms with van der Waals surface area (Å²) in [5, 5.41) is 11.7. The number of nitrogens with two attached hydrogens (primary N) is 2. The molecule has 1 heterocycles. The molecule has 0 spiro atoms. The minimum atomic E-state index is -0.566. The third-order valence-electron chi connectivity index (χ3n) is 5.60. The van der Waals surface area contributed by atoms with Crippen LogP contribution in [0.5, 0.6) is 0 Å². The Balaban J connectivity index is 1.75. The zero-order valence-electron chi connectivity index (χ0n) is 16.3. The van der Waals surface area contributed by atoms with Crippen LogP contribution < -0.4 is 16.4 Å². The number of nitrogen functional groups attached to an aromatic ring is 1. The lowest BCUT2D eigenvalue weighted by molar-refractivity contribution is -0.384. The monoisotopic (exact) mass is 418 g/mol. The largest absolute Gasteiger partial charge is 0.378 e. The lowest BCUT2D eigenvalue weighted by atomic mass is 9.82. The Bertz CT molecular complexity index is 841. The normalized spacial score (nSPS) is 19.1. The standard InChI is InChI=1S/C20H27ClN6O2/c21-17-3-1-2-14(10-17)8-9-26(13-16-6-4-15(11-22)5-7-16)20-24-12-18(27(28)29)19(23)25-20/h1-3,10,12,15-16H,4-9,11,13,22H2,(H2,23,24,25). The van der Waals surface area contributed by atoms with Gasteiger partial charge in [0.25, 0.3) is 0 Å². The summed E-state index contributed by atoms with van der Waals surface area (Å²) in [4.78, 5) is 21.0. The molecule has 1 fully saturated rings. The molecule has 1 saturated carbocycles. The van der Waals surface area contributed by atoms with E-state index in [1.54, 1.807) is 0 Å². The van der Waals surface area contributed by atoms with Crippen LogP contribution in [0.3, 0.4) is 0 Å². The van der Waals surface area contributed by atoms with Gasteiger partial charge in [0.05, 0.1) is 4.92 Å². The van der Waals surface area contributed by atoms with Crippen molar-refractivity contribution in [1.82, 2.24) is 9.97 Å². The van der Waals surface area contributed by atoms with Crippen LogP contribution in [-0.2, 0) is 6.42 Å². The fourth-order valence-corrected chi connectivity index (χ4v) is 4.08. The molecule has 0 atom stereocenters. The Morgan fingerprint density at radius 2 is 1.97 bits per heavy atom. The molecular weight excluding hydrogens is 392 g/mol. The van der Waals surface area contributed by atoms with E-state index < -0.39 is 4.92 Å². The highest BCUT2D eigenvalue weighted by atomic mass is 35.5. The first-order valence-electron chi connectivity index (χ1n) is 9.92. The fourth-order valence-electron chi connectivity index (χ4n) is 3.86. The number of rotatable bonds is 8. The highest BCUT2D eigenvalue weighted by Crippen LogP contribution is 2.30. The minimum Gasteiger partial charge on any atom is -0.378 e. The van der Waals surface area contributed by atoms with E-state index in [1.807, 2.05) is 24.3 Å². The van der Waals surface area contributed by atoms with Gasteiger partial charge in [-0.25, -0.2) is 4.98 Å². The lowest BCUT2D eigenvalue weighted by Crippen LogP contribution is -2.35. The van der Waals surface area contributed by atoms with Crippen LogP contribution in [0.2, 0.25) is 5.02 Å². The van der Waals surface area contributed by atoms with E-state index in [0.29, 0.717) is 29.4 Å². The van der Waals surface area contributed by atoms with Crippen LogP contribution in [0.4, 0.5) is 17.5 Å². The summed E-state index contributed by atoms with van der Waals surface area (Å²) >= 11 is 6.10. The van der Waals surface area contributed by atoms with Gasteiger partial charge in [-0.15, -0.1) is 0 Å². The molecule has 0 radical (unpaired) electrons. The van der Waals surface area contributed by atoms with E-state index in [9.17, 15) is 10.1 Å². The Morgan fingerprint density at radius 3 is 2.59 bits per heavy atom. The first kappa shape index (κ1) is 21.3. The van der Waals surface area contributed by atoms with E-state index in [0.717, 1.165) is 50.8 Å². The second-order valence-corrected chi connectivity index (χ2v) is 8.08. The molecule has 156 valence electrons. The van der Waals surface area contributed by atoms with Crippen LogP contribution in [0.1, 0.15) is 31.2 Å². The van der Waals surface area contributed by atoms with Gasteiger partial charge in [0.15, 0.2) is 0 Å². The van der Waals surface area contributed by atoms with Crippen molar-refractivity contribution >= 4 is 29.1 Å². The summed E-state index contributed by atoms with van der Waals surface area (Å²) in [5.74, 6) is 1.44. The second kappa shape index (κ2) is 9.84. The van der Waals surface area contributed by atoms with E-state index in [-0.39, 0.29) is 11.5 Å². The van der Waals surface area contributed by atoms with Crippen molar-refractivity contribution in [3.8, 4) is 0 Å². The average molecular weight is 419 g/mol. The van der Waals surface area contributed by atoms with Gasteiger partial charge in [-0.05, 0) is 68.2 Å². The topological polar surface area (TPSA) is 124 Å². The van der Waals surface area contributed by atoms with Crippen LogP contribution in [0, 0.1) is 22.0 Å². The van der Waals surface area contributed by atoms with Crippen LogP contribution in [0.15, 0.2) is 30.5 Å². The number of nitrogens with zero attached hydrogens (tertiary/aromatic N) is 4. The van der Waals surface area contributed by atoms with Gasteiger partial charge in [-0.2, -0.15) is 4.98 Å². The Hall–Kier alpha value is -2.45. The Morgan fingerprint density at radius 1 is 1.24 bits per heavy atom. The van der Waals surface area contributed by atoms with Gasteiger partial charge in [0, 0.05) is 18.1 Å². The van der Waals surface area contributed by atoms with Crippen molar-refractivity contribution in [3.63, 3.8) is 0 Å². The highest BCUT2D eigenvalue weighted by molar-refractivity contribution is 6.30. The summed E-state index contributed by atoms with van der Waals surface area (Å²) < 4.78 is 0. The summed E-state index contributed by atoms with van der Waals surface area (Å²) in [6, 6.07) is 7.74. The van der Waals surface area contributed by atoms with Gasteiger partial charge < -0.3 is 16.4 Å². The molecule has 3 rings (SSSR count).